The molecule has 1 aromatic heterocycles. The summed E-state index contributed by atoms with van der Waals surface area (Å²) in [5, 5.41) is 13.1. The maximum absolute atomic E-state index is 13.0. The van der Waals surface area contributed by atoms with E-state index in [4.69, 9.17) is 0 Å². The van der Waals surface area contributed by atoms with Gasteiger partial charge in [0.2, 0.25) is 5.91 Å². The Morgan fingerprint density at radius 1 is 1.14 bits per heavy atom. The van der Waals surface area contributed by atoms with Crippen molar-refractivity contribution in [2.24, 2.45) is 0 Å². The minimum atomic E-state index is -0.602. The zero-order valence-electron chi connectivity index (χ0n) is 18.6. The van der Waals surface area contributed by atoms with Gasteiger partial charge in [-0.1, -0.05) is 6.07 Å². The maximum Gasteiger partial charge on any atom is 0.294 e. The fraction of sp³-hybridized carbons (Fsp3) is 0.125. The Labute approximate surface area is 203 Å². The number of hydrogen-bond donors (Lipinski definition) is 1. The lowest BCUT2D eigenvalue weighted by atomic mass is 10.2. The van der Waals surface area contributed by atoms with Crippen molar-refractivity contribution in [3.63, 3.8) is 0 Å². The topological polar surface area (TPSA) is 115 Å². The lowest BCUT2D eigenvalue weighted by Crippen LogP contribution is -2.36. The summed E-state index contributed by atoms with van der Waals surface area (Å²) < 4.78 is 14.8. The van der Waals surface area contributed by atoms with Crippen molar-refractivity contribution >= 4 is 46.3 Å². The molecule has 9 nitrogen and oxygen atoms in total. The van der Waals surface area contributed by atoms with Crippen LogP contribution in [-0.4, -0.2) is 38.0 Å². The minimum Gasteiger partial charge on any atom is -0.325 e. The van der Waals surface area contributed by atoms with Gasteiger partial charge in [-0.15, -0.1) is 0 Å². The number of hydrogen-bond acceptors (Lipinski definition) is 6. The molecule has 1 fully saturated rings. The molecule has 178 valence electrons. The van der Waals surface area contributed by atoms with Gasteiger partial charge in [-0.05, 0) is 73.6 Å². The van der Waals surface area contributed by atoms with E-state index < -0.39 is 34.3 Å². The molecule has 0 aliphatic carbocycles. The number of nitrogens with one attached hydrogen (secondary N) is 1. The number of aryl methyl sites for hydroxylation is 1. The smallest absolute Gasteiger partial charge is 0.294 e. The molecule has 1 aliphatic rings. The average Bonchev–Trinajstić information content (AvgIpc) is 3.24. The van der Waals surface area contributed by atoms with E-state index in [-0.39, 0.29) is 10.6 Å². The summed E-state index contributed by atoms with van der Waals surface area (Å²) in [4.78, 5) is 49.3. The molecule has 0 bridgehead atoms. The molecule has 3 amide bonds. The van der Waals surface area contributed by atoms with Crippen molar-refractivity contribution in [1.29, 1.82) is 0 Å². The van der Waals surface area contributed by atoms with E-state index >= 15 is 0 Å². The second kappa shape index (κ2) is 9.55. The molecule has 11 heteroatoms. The molecular weight excluding hydrogens is 475 g/mol. The Hall–Kier alpha value is -4.25. The van der Waals surface area contributed by atoms with E-state index in [9.17, 15) is 28.9 Å². The quantitative estimate of drug-likeness (QED) is 0.299. The van der Waals surface area contributed by atoms with Crippen molar-refractivity contribution in [3.8, 4) is 5.69 Å². The van der Waals surface area contributed by atoms with Gasteiger partial charge in [-0.25, -0.2) is 4.39 Å². The number of nitro groups is 1. The normalized spacial score (nSPS) is 14.6. The van der Waals surface area contributed by atoms with Crippen LogP contribution in [0.2, 0.25) is 0 Å². The molecule has 0 saturated carbocycles. The van der Waals surface area contributed by atoms with E-state index in [1.165, 1.54) is 36.4 Å². The lowest BCUT2D eigenvalue weighted by molar-refractivity contribution is -0.384. The largest absolute Gasteiger partial charge is 0.325 e. The SMILES string of the molecule is Cc1cc(/C=C2\SC(=O)N(CC(=O)Nc3ccc(F)cc3)C2=O)c(C)n1-c1cccc([N+](=O)[O-])c1. The highest BCUT2D eigenvalue weighted by Gasteiger charge is 2.36. The van der Waals surface area contributed by atoms with Crippen LogP contribution < -0.4 is 5.32 Å². The number of carbonyl (C=O) groups is 3. The monoisotopic (exact) mass is 494 g/mol. The molecule has 1 N–H and O–H groups in total. The van der Waals surface area contributed by atoms with Gasteiger partial charge in [0.25, 0.3) is 16.8 Å². The molecule has 4 rings (SSSR count). The second-order valence-corrected chi connectivity index (χ2v) is 8.75. The molecule has 0 spiro atoms. The fourth-order valence-electron chi connectivity index (χ4n) is 3.73. The molecule has 3 aromatic rings. The van der Waals surface area contributed by atoms with E-state index in [2.05, 4.69) is 5.32 Å². The van der Waals surface area contributed by atoms with E-state index in [0.29, 0.717) is 16.9 Å². The second-order valence-electron chi connectivity index (χ2n) is 7.76. The van der Waals surface area contributed by atoms with Crippen LogP contribution in [0.1, 0.15) is 17.0 Å². The molecular formula is C24H19FN4O5S. The van der Waals surface area contributed by atoms with Gasteiger partial charge in [0.1, 0.15) is 12.4 Å². The first kappa shape index (κ1) is 23.9. The summed E-state index contributed by atoms with van der Waals surface area (Å²) in [6, 6.07) is 13.1. The number of halogens is 1. The fourth-order valence-corrected chi connectivity index (χ4v) is 4.56. The van der Waals surface area contributed by atoms with Crippen molar-refractivity contribution in [2.45, 2.75) is 13.8 Å². The van der Waals surface area contributed by atoms with Gasteiger partial charge < -0.3 is 9.88 Å². The zero-order valence-corrected chi connectivity index (χ0v) is 19.5. The van der Waals surface area contributed by atoms with Gasteiger partial charge in [-0.3, -0.25) is 29.4 Å². The van der Waals surface area contributed by atoms with Crippen molar-refractivity contribution in [1.82, 2.24) is 9.47 Å². The van der Waals surface area contributed by atoms with Gasteiger partial charge in [-0.2, -0.15) is 0 Å². The lowest BCUT2D eigenvalue weighted by Gasteiger charge is -2.12. The van der Waals surface area contributed by atoms with Crippen LogP contribution in [0, 0.1) is 29.8 Å². The summed E-state index contributed by atoms with van der Waals surface area (Å²) in [5.74, 6) is -1.65. The summed E-state index contributed by atoms with van der Waals surface area (Å²) >= 11 is 0.723. The Morgan fingerprint density at radius 2 is 1.86 bits per heavy atom. The molecule has 1 saturated heterocycles. The van der Waals surface area contributed by atoms with Crippen LogP contribution in [0.3, 0.4) is 0 Å². The van der Waals surface area contributed by atoms with Crippen molar-refractivity contribution in [3.05, 3.63) is 92.4 Å². The van der Waals surface area contributed by atoms with Crippen LogP contribution in [0.5, 0.6) is 0 Å². The number of non-ortho nitro benzene ring substituents is 1. The highest BCUT2D eigenvalue weighted by atomic mass is 32.2. The third kappa shape index (κ3) is 4.99. The molecule has 0 atom stereocenters. The first-order valence-electron chi connectivity index (χ1n) is 10.4. The molecule has 1 aliphatic heterocycles. The van der Waals surface area contributed by atoms with Crippen LogP contribution in [0.15, 0.2) is 59.5 Å². The number of benzene rings is 2. The van der Waals surface area contributed by atoms with E-state index in [0.717, 1.165) is 28.0 Å². The number of thioether (sulfide) groups is 1. The van der Waals surface area contributed by atoms with Crippen LogP contribution in [0.25, 0.3) is 11.8 Å². The molecule has 0 unspecified atom stereocenters. The highest BCUT2D eigenvalue weighted by molar-refractivity contribution is 8.18. The highest BCUT2D eigenvalue weighted by Crippen LogP contribution is 2.34. The maximum atomic E-state index is 13.0. The molecule has 0 radical (unpaired) electrons. The number of rotatable bonds is 6. The standard InChI is InChI=1S/C24H19FN4O5S/c1-14-10-16(15(2)28(14)19-4-3-5-20(12-19)29(33)34)11-21-23(31)27(24(32)35-21)13-22(30)26-18-8-6-17(25)7-9-18/h3-12H,13H2,1-2H3,(H,26,30)/b21-11-. The van der Waals surface area contributed by atoms with Gasteiger partial charge in [0, 0.05) is 29.2 Å². The Kier molecular flexibility index (Phi) is 6.52. The number of carbonyl (C=O) groups excluding carboxylic acids is 3. The van der Waals surface area contributed by atoms with Gasteiger partial charge in [0.05, 0.1) is 15.5 Å². The summed E-state index contributed by atoms with van der Waals surface area (Å²) in [5.41, 5.74) is 3.06. The number of nitro benzene ring substituents is 1. The number of nitrogens with zero attached hydrogens (tertiary/aromatic N) is 3. The molecule has 2 heterocycles. The predicted octanol–water partition coefficient (Wildman–Crippen LogP) is 4.82. The number of anilines is 1. The van der Waals surface area contributed by atoms with Gasteiger partial charge in [0.15, 0.2) is 0 Å². The summed E-state index contributed by atoms with van der Waals surface area (Å²) in [7, 11) is 0. The summed E-state index contributed by atoms with van der Waals surface area (Å²) in [6.07, 6.45) is 1.57. The predicted molar refractivity (Wildman–Crippen MR) is 130 cm³/mol. The summed E-state index contributed by atoms with van der Waals surface area (Å²) in [6.45, 7) is 3.15. The Morgan fingerprint density at radius 3 is 2.54 bits per heavy atom. The number of aromatic nitrogens is 1. The number of imide groups is 1. The van der Waals surface area contributed by atoms with Gasteiger partial charge >= 0.3 is 0 Å². The van der Waals surface area contributed by atoms with Crippen LogP contribution in [0.4, 0.5) is 20.6 Å². The van der Waals surface area contributed by atoms with E-state index in [1.54, 1.807) is 25.1 Å². The minimum absolute atomic E-state index is 0.0448. The third-order valence-corrected chi connectivity index (χ3v) is 6.27. The van der Waals surface area contributed by atoms with Crippen molar-refractivity contribution in [2.75, 3.05) is 11.9 Å². The third-order valence-electron chi connectivity index (χ3n) is 5.36. The van der Waals surface area contributed by atoms with E-state index in [1.807, 2.05) is 17.6 Å². The average molecular weight is 495 g/mol. The first-order valence-corrected chi connectivity index (χ1v) is 11.2. The Balaban J connectivity index is 1.54. The van der Waals surface area contributed by atoms with Crippen LogP contribution in [-0.2, 0) is 9.59 Å². The van der Waals surface area contributed by atoms with Crippen LogP contribution >= 0.6 is 11.8 Å². The molecule has 35 heavy (non-hydrogen) atoms. The Bertz CT molecular complexity index is 1400. The molecule has 2 aromatic carbocycles. The number of amides is 3. The van der Waals surface area contributed by atoms with Crippen molar-refractivity contribution < 1.29 is 23.7 Å². The zero-order chi connectivity index (χ0) is 25.3. The first-order chi connectivity index (χ1) is 16.6.